The first-order chi connectivity index (χ1) is 9.50. The number of esters is 1. The number of piperidine rings is 1. The van der Waals surface area contributed by atoms with Gasteiger partial charge in [0, 0.05) is 12.7 Å². The van der Waals surface area contributed by atoms with Crippen LogP contribution in [-0.4, -0.2) is 41.2 Å². The minimum atomic E-state index is -1.05. The van der Waals surface area contributed by atoms with Crippen LogP contribution in [0.3, 0.4) is 0 Å². The van der Waals surface area contributed by atoms with Crippen molar-refractivity contribution in [3.8, 4) is 0 Å². The summed E-state index contributed by atoms with van der Waals surface area (Å²) in [5.74, 6) is -1.03. The fraction of sp³-hybridized carbons (Fsp3) is 0.500. The number of hydrogen-bond acceptors (Lipinski definition) is 5. The molecule has 2 rings (SSSR count). The van der Waals surface area contributed by atoms with Crippen LogP contribution in [-0.2, 0) is 9.53 Å². The van der Waals surface area contributed by atoms with Crippen LogP contribution in [0.5, 0.6) is 0 Å². The molecule has 20 heavy (non-hydrogen) atoms. The number of carboxylic acids is 1. The molecule has 0 bridgehead atoms. The van der Waals surface area contributed by atoms with E-state index in [0.29, 0.717) is 24.3 Å². The lowest BCUT2D eigenvalue weighted by molar-refractivity contribution is -0.143. The SMILES string of the molecule is COC(=O)c1cccnc1N1CCCCC1(C)C(=O)O. The van der Waals surface area contributed by atoms with Gasteiger partial charge in [0.05, 0.1) is 7.11 Å². The number of nitrogens with zero attached hydrogens (tertiary/aromatic N) is 2. The molecule has 1 aliphatic heterocycles. The number of carbonyl (C=O) groups excluding carboxylic acids is 1. The first-order valence-electron chi connectivity index (χ1n) is 6.55. The number of pyridine rings is 1. The first kappa shape index (κ1) is 14.3. The third-order valence-corrected chi connectivity index (χ3v) is 3.80. The van der Waals surface area contributed by atoms with Crippen molar-refractivity contribution in [3.05, 3.63) is 23.9 Å². The zero-order chi connectivity index (χ0) is 14.8. The molecule has 6 heteroatoms. The van der Waals surface area contributed by atoms with E-state index in [1.165, 1.54) is 7.11 Å². The molecule has 0 saturated carbocycles. The Morgan fingerprint density at radius 3 is 2.85 bits per heavy atom. The van der Waals surface area contributed by atoms with Crippen molar-refractivity contribution in [1.82, 2.24) is 4.98 Å². The van der Waals surface area contributed by atoms with Crippen molar-refractivity contribution < 1.29 is 19.4 Å². The van der Waals surface area contributed by atoms with Crippen LogP contribution in [0.1, 0.15) is 36.5 Å². The van der Waals surface area contributed by atoms with Crippen LogP contribution >= 0.6 is 0 Å². The quantitative estimate of drug-likeness (QED) is 0.848. The Bertz CT molecular complexity index is 532. The molecular formula is C14H18N2O4. The zero-order valence-corrected chi connectivity index (χ0v) is 11.6. The van der Waals surface area contributed by atoms with E-state index >= 15 is 0 Å². The molecule has 0 radical (unpaired) electrons. The summed E-state index contributed by atoms with van der Waals surface area (Å²) < 4.78 is 4.74. The standard InChI is InChI=1S/C14H18N2O4/c1-14(13(18)19)7-3-4-9-16(14)11-10(12(17)20-2)6-5-8-15-11/h5-6,8H,3-4,7,9H2,1-2H3,(H,18,19). The zero-order valence-electron chi connectivity index (χ0n) is 11.6. The van der Waals surface area contributed by atoms with Crippen LogP contribution < -0.4 is 4.90 Å². The highest BCUT2D eigenvalue weighted by atomic mass is 16.5. The molecule has 1 N–H and O–H groups in total. The van der Waals surface area contributed by atoms with Gasteiger partial charge in [0.15, 0.2) is 0 Å². The molecule has 1 unspecified atom stereocenters. The molecule has 0 amide bonds. The van der Waals surface area contributed by atoms with Gasteiger partial charge in [-0.3, -0.25) is 0 Å². The van der Waals surface area contributed by atoms with Crippen molar-refractivity contribution in [2.75, 3.05) is 18.6 Å². The Balaban J connectivity index is 2.48. The van der Waals surface area contributed by atoms with Gasteiger partial charge in [-0.15, -0.1) is 0 Å². The van der Waals surface area contributed by atoms with E-state index in [2.05, 4.69) is 4.98 Å². The second-order valence-electron chi connectivity index (χ2n) is 5.05. The summed E-state index contributed by atoms with van der Waals surface area (Å²) in [4.78, 5) is 29.4. The number of anilines is 1. The molecule has 1 atom stereocenters. The molecule has 108 valence electrons. The van der Waals surface area contributed by atoms with Crippen LogP contribution in [0.4, 0.5) is 5.82 Å². The summed E-state index contributed by atoms with van der Waals surface area (Å²) in [6.45, 7) is 2.23. The van der Waals surface area contributed by atoms with E-state index < -0.39 is 17.5 Å². The van der Waals surface area contributed by atoms with Crippen molar-refractivity contribution in [2.45, 2.75) is 31.7 Å². The van der Waals surface area contributed by atoms with Gasteiger partial charge in [-0.05, 0) is 38.3 Å². The lowest BCUT2D eigenvalue weighted by Crippen LogP contribution is -2.56. The molecule has 1 aromatic rings. The largest absolute Gasteiger partial charge is 0.480 e. The van der Waals surface area contributed by atoms with E-state index in [4.69, 9.17) is 4.74 Å². The number of methoxy groups -OCH3 is 1. The van der Waals surface area contributed by atoms with E-state index in [9.17, 15) is 14.7 Å². The summed E-state index contributed by atoms with van der Waals surface area (Å²) in [7, 11) is 1.30. The van der Waals surface area contributed by atoms with Crippen LogP contribution in [0, 0.1) is 0 Å². The average Bonchev–Trinajstić information content (AvgIpc) is 2.47. The Morgan fingerprint density at radius 1 is 1.45 bits per heavy atom. The molecule has 1 aliphatic rings. The highest BCUT2D eigenvalue weighted by Crippen LogP contribution is 2.33. The van der Waals surface area contributed by atoms with Gasteiger partial charge in [0.2, 0.25) is 0 Å². The Kier molecular flexibility index (Phi) is 3.92. The van der Waals surface area contributed by atoms with Crippen molar-refractivity contribution in [1.29, 1.82) is 0 Å². The van der Waals surface area contributed by atoms with E-state index in [-0.39, 0.29) is 0 Å². The van der Waals surface area contributed by atoms with Crippen LogP contribution in [0.15, 0.2) is 18.3 Å². The smallest absolute Gasteiger partial charge is 0.341 e. The minimum Gasteiger partial charge on any atom is -0.480 e. The molecule has 2 heterocycles. The first-order valence-corrected chi connectivity index (χ1v) is 6.55. The second kappa shape index (κ2) is 5.48. The Labute approximate surface area is 117 Å². The summed E-state index contributed by atoms with van der Waals surface area (Å²) >= 11 is 0. The van der Waals surface area contributed by atoms with Gasteiger partial charge in [-0.25, -0.2) is 14.6 Å². The third kappa shape index (κ3) is 2.33. The van der Waals surface area contributed by atoms with Gasteiger partial charge in [0.1, 0.15) is 16.9 Å². The summed E-state index contributed by atoms with van der Waals surface area (Å²) in [5.41, 5.74) is -0.751. The van der Waals surface area contributed by atoms with Gasteiger partial charge < -0.3 is 14.7 Å². The van der Waals surface area contributed by atoms with E-state index in [0.717, 1.165) is 12.8 Å². The molecule has 0 aliphatic carbocycles. The van der Waals surface area contributed by atoms with Crippen molar-refractivity contribution >= 4 is 17.8 Å². The normalized spacial score (nSPS) is 22.4. The van der Waals surface area contributed by atoms with E-state index in [1.54, 1.807) is 30.2 Å². The fourth-order valence-electron chi connectivity index (χ4n) is 2.56. The number of aromatic nitrogens is 1. The lowest BCUT2D eigenvalue weighted by atomic mass is 9.88. The van der Waals surface area contributed by atoms with Crippen molar-refractivity contribution in [2.24, 2.45) is 0 Å². The number of ether oxygens (including phenoxy) is 1. The minimum absolute atomic E-state index is 0.296. The monoisotopic (exact) mass is 278 g/mol. The van der Waals surface area contributed by atoms with Gasteiger partial charge in [0.25, 0.3) is 0 Å². The lowest BCUT2D eigenvalue weighted by Gasteiger charge is -2.42. The summed E-state index contributed by atoms with van der Waals surface area (Å²) in [6, 6.07) is 3.24. The van der Waals surface area contributed by atoms with E-state index in [1.807, 2.05) is 0 Å². The van der Waals surface area contributed by atoms with Gasteiger partial charge in [-0.1, -0.05) is 0 Å². The van der Waals surface area contributed by atoms with Gasteiger partial charge >= 0.3 is 11.9 Å². The molecular weight excluding hydrogens is 260 g/mol. The molecule has 0 spiro atoms. The highest BCUT2D eigenvalue weighted by molar-refractivity contribution is 5.96. The summed E-state index contributed by atoms with van der Waals surface area (Å²) in [6.07, 6.45) is 3.80. The number of rotatable bonds is 3. The topological polar surface area (TPSA) is 79.7 Å². The molecule has 1 aromatic heterocycles. The molecule has 1 fully saturated rings. The van der Waals surface area contributed by atoms with Crippen LogP contribution in [0.2, 0.25) is 0 Å². The summed E-state index contributed by atoms with van der Waals surface area (Å²) in [5, 5.41) is 9.53. The maximum Gasteiger partial charge on any atom is 0.341 e. The second-order valence-corrected chi connectivity index (χ2v) is 5.05. The average molecular weight is 278 g/mol. The number of aliphatic carboxylic acids is 1. The Morgan fingerprint density at radius 2 is 2.20 bits per heavy atom. The number of carboxylic acid groups (broad SMARTS) is 1. The van der Waals surface area contributed by atoms with Crippen LogP contribution in [0.25, 0.3) is 0 Å². The predicted molar refractivity (Wildman–Crippen MR) is 72.8 cm³/mol. The molecule has 1 saturated heterocycles. The van der Waals surface area contributed by atoms with Gasteiger partial charge in [-0.2, -0.15) is 0 Å². The molecule has 0 aromatic carbocycles. The number of hydrogen-bond donors (Lipinski definition) is 1. The Hall–Kier alpha value is -2.11. The van der Waals surface area contributed by atoms with Crippen molar-refractivity contribution in [3.63, 3.8) is 0 Å². The maximum atomic E-state index is 11.8. The highest BCUT2D eigenvalue weighted by Gasteiger charge is 2.43. The fourth-order valence-corrected chi connectivity index (χ4v) is 2.56. The third-order valence-electron chi connectivity index (χ3n) is 3.80. The predicted octanol–water partition coefficient (Wildman–Crippen LogP) is 1.70. The molecule has 6 nitrogen and oxygen atoms in total. The maximum absolute atomic E-state index is 11.8. The number of carbonyl (C=O) groups is 2.